The first-order valence-electron chi connectivity index (χ1n) is 8.10. The average Bonchev–Trinajstić information content (AvgIpc) is 2.68. The highest BCUT2D eigenvalue weighted by Crippen LogP contribution is 2.37. The zero-order valence-corrected chi connectivity index (χ0v) is 13.4. The monoisotopic (exact) mass is 311 g/mol. The molecule has 1 heterocycles. The van der Waals surface area contributed by atoms with E-state index in [9.17, 15) is 0 Å². The molecule has 0 fully saturated rings. The Morgan fingerprint density at radius 1 is 0.750 bits per heavy atom. The number of anilines is 1. The molecule has 2 nitrogen and oxygen atoms in total. The van der Waals surface area contributed by atoms with Crippen LogP contribution in [0.3, 0.4) is 0 Å². The van der Waals surface area contributed by atoms with E-state index in [2.05, 4.69) is 89.7 Å². The Balaban J connectivity index is 2.11. The van der Waals surface area contributed by atoms with E-state index < -0.39 is 5.54 Å². The minimum absolute atomic E-state index is 0.451. The van der Waals surface area contributed by atoms with E-state index in [4.69, 9.17) is 0 Å². The molecule has 0 bridgehead atoms. The molecule has 0 amide bonds. The Kier molecular flexibility index (Phi) is 3.51. The lowest BCUT2D eigenvalue weighted by molar-refractivity contribution is -0.536. The molecule has 0 spiro atoms. The van der Waals surface area contributed by atoms with Gasteiger partial charge >= 0.3 is 0 Å². The van der Waals surface area contributed by atoms with Crippen LogP contribution in [0.15, 0.2) is 97.6 Å². The van der Waals surface area contributed by atoms with Gasteiger partial charge in [0.2, 0.25) is 0 Å². The van der Waals surface area contributed by atoms with Gasteiger partial charge in [-0.25, -0.2) is 5.32 Å². The van der Waals surface area contributed by atoms with Gasteiger partial charge in [-0.15, -0.1) is 0 Å². The molecule has 1 aliphatic heterocycles. The summed E-state index contributed by atoms with van der Waals surface area (Å²) < 4.78 is 0. The lowest BCUT2D eigenvalue weighted by atomic mass is 9.76. The Morgan fingerprint density at radius 3 is 1.88 bits per heavy atom. The number of hydrogen-bond donors (Lipinski definition) is 2. The fraction of sp³-hybridized carbons (Fsp3) is 0.0455. The molecule has 116 valence electrons. The molecule has 3 aromatic carbocycles. The first-order valence-corrected chi connectivity index (χ1v) is 8.10. The predicted molar refractivity (Wildman–Crippen MR) is 99.0 cm³/mol. The zero-order chi connectivity index (χ0) is 16.4. The second-order valence-corrected chi connectivity index (χ2v) is 5.90. The largest absolute Gasteiger partial charge is 0.273 e. The molecule has 2 N–H and O–H groups in total. The summed E-state index contributed by atoms with van der Waals surface area (Å²) in [5.74, 6) is 0.904. The average molecular weight is 311 g/mol. The molecule has 0 saturated carbocycles. The maximum Gasteiger partial charge on any atom is 0.273 e. The van der Waals surface area contributed by atoms with E-state index in [-0.39, 0.29) is 0 Å². The first kappa shape index (κ1) is 14.5. The fourth-order valence-corrected chi connectivity index (χ4v) is 3.47. The second kappa shape index (κ2) is 5.82. The summed E-state index contributed by atoms with van der Waals surface area (Å²) >= 11 is 0. The Hall–Kier alpha value is -3.13. The van der Waals surface area contributed by atoms with E-state index in [1.165, 1.54) is 16.7 Å². The van der Waals surface area contributed by atoms with E-state index in [1.54, 1.807) is 0 Å². The number of rotatable bonds is 3. The van der Waals surface area contributed by atoms with Crippen LogP contribution < -0.4 is 10.3 Å². The maximum atomic E-state index is 3.95. The fourth-order valence-electron chi connectivity index (χ4n) is 3.47. The van der Waals surface area contributed by atoms with Crippen molar-refractivity contribution in [3.63, 3.8) is 0 Å². The molecular weight excluding hydrogens is 292 g/mol. The highest BCUT2D eigenvalue weighted by Gasteiger charge is 2.44. The first-order chi connectivity index (χ1) is 11.8. The van der Waals surface area contributed by atoms with Gasteiger partial charge in [-0.1, -0.05) is 79.4 Å². The van der Waals surface area contributed by atoms with Crippen LogP contribution in [0, 0.1) is 0 Å². The minimum atomic E-state index is -0.451. The third-order valence-corrected chi connectivity index (χ3v) is 4.54. The van der Waals surface area contributed by atoms with Crippen molar-refractivity contribution >= 4 is 11.5 Å². The zero-order valence-electron chi connectivity index (χ0n) is 13.4. The molecular formula is C22H19N2+. The third kappa shape index (κ3) is 2.16. The summed E-state index contributed by atoms with van der Waals surface area (Å²) in [6.45, 7) is 3.95. The van der Waals surface area contributed by atoms with Gasteiger partial charge in [-0.2, -0.15) is 0 Å². The van der Waals surface area contributed by atoms with E-state index in [0.717, 1.165) is 11.5 Å². The summed E-state index contributed by atoms with van der Waals surface area (Å²) in [5, 5.41) is 3.43. The second-order valence-electron chi connectivity index (χ2n) is 5.90. The summed E-state index contributed by atoms with van der Waals surface area (Å²) in [6.07, 6.45) is 1.83. The summed E-state index contributed by atoms with van der Waals surface area (Å²) in [5.41, 5.74) is 4.24. The van der Waals surface area contributed by atoms with Gasteiger partial charge in [0.25, 0.3) is 5.84 Å². The van der Waals surface area contributed by atoms with Gasteiger partial charge in [0.1, 0.15) is 5.69 Å². The highest BCUT2D eigenvalue weighted by atomic mass is 15.1. The third-order valence-electron chi connectivity index (χ3n) is 4.54. The summed E-state index contributed by atoms with van der Waals surface area (Å²) in [6, 6.07) is 29.5. The highest BCUT2D eigenvalue weighted by molar-refractivity contribution is 6.01. The molecule has 4 rings (SSSR count). The van der Waals surface area contributed by atoms with Crippen LogP contribution in [0.5, 0.6) is 0 Å². The lowest BCUT2D eigenvalue weighted by Gasteiger charge is -2.33. The summed E-state index contributed by atoms with van der Waals surface area (Å²) in [7, 11) is 0. The van der Waals surface area contributed by atoms with Crippen LogP contribution in [0.2, 0.25) is 0 Å². The van der Waals surface area contributed by atoms with Crippen LogP contribution in [0.4, 0.5) is 5.69 Å². The van der Waals surface area contributed by atoms with Crippen LogP contribution in [-0.2, 0) is 5.54 Å². The van der Waals surface area contributed by atoms with E-state index in [1.807, 2.05) is 18.2 Å². The minimum Gasteiger partial charge on any atom is -0.256 e. The number of amidine groups is 1. The molecule has 0 saturated heterocycles. The quantitative estimate of drug-likeness (QED) is 0.764. The van der Waals surface area contributed by atoms with Gasteiger partial charge < -0.3 is 0 Å². The molecule has 0 unspecified atom stereocenters. The summed E-state index contributed by atoms with van der Waals surface area (Å²) in [4.78, 5) is 3.69. The van der Waals surface area contributed by atoms with Crippen molar-refractivity contribution in [2.45, 2.75) is 5.54 Å². The van der Waals surface area contributed by atoms with E-state index >= 15 is 0 Å². The predicted octanol–water partition coefficient (Wildman–Crippen LogP) is 3.07. The van der Waals surface area contributed by atoms with Crippen LogP contribution in [0.1, 0.15) is 16.7 Å². The lowest BCUT2D eigenvalue weighted by Crippen LogP contribution is -2.88. The van der Waals surface area contributed by atoms with Crippen molar-refractivity contribution in [1.29, 1.82) is 0 Å². The Morgan fingerprint density at radius 2 is 1.29 bits per heavy atom. The van der Waals surface area contributed by atoms with Gasteiger partial charge in [-0.05, 0) is 12.1 Å². The van der Waals surface area contributed by atoms with Crippen LogP contribution in [-0.4, -0.2) is 5.84 Å². The van der Waals surface area contributed by atoms with Gasteiger partial charge in [-0.3, -0.25) is 4.99 Å². The van der Waals surface area contributed by atoms with Crippen LogP contribution in [0.25, 0.3) is 0 Å². The number of fused-ring (bicyclic) bond motifs is 1. The number of benzene rings is 3. The number of hydrogen-bond acceptors (Lipinski definition) is 1. The molecule has 2 heteroatoms. The molecule has 0 aliphatic carbocycles. The van der Waals surface area contributed by atoms with Crippen molar-refractivity contribution < 1.29 is 4.99 Å². The number of nitrogens with one attached hydrogen (secondary N) is 2. The number of para-hydroxylation sites is 1. The molecule has 0 aromatic heterocycles. The standard InChI is InChI=1S/C22H18N2/c1-2-21-23-20-16-10-9-15-19(20)22(24-21,17-11-5-3-6-12-17)18-13-7-4-8-14-18/h2-16H,1H2,(H,23,24)/p+1. The Labute approximate surface area is 142 Å². The van der Waals surface area contributed by atoms with Crippen molar-refractivity contribution in [3.05, 3.63) is 114 Å². The van der Waals surface area contributed by atoms with Crippen molar-refractivity contribution in [2.24, 2.45) is 0 Å². The topological polar surface area (TPSA) is 26.0 Å². The Bertz CT molecular complexity index is 856. The maximum absolute atomic E-state index is 3.95. The SMILES string of the molecule is C=CC1=[NH+]C(c2ccccc2)(c2ccccc2)c2ccccc2N1. The molecule has 0 radical (unpaired) electrons. The molecule has 3 aromatic rings. The van der Waals surface area contributed by atoms with E-state index in [0.29, 0.717) is 0 Å². The van der Waals surface area contributed by atoms with Gasteiger partial charge in [0, 0.05) is 17.2 Å². The van der Waals surface area contributed by atoms with Crippen molar-refractivity contribution in [1.82, 2.24) is 0 Å². The van der Waals surface area contributed by atoms with Gasteiger partial charge in [0.05, 0.1) is 5.56 Å². The molecule has 1 aliphatic rings. The van der Waals surface area contributed by atoms with Crippen molar-refractivity contribution in [3.8, 4) is 0 Å². The van der Waals surface area contributed by atoms with Crippen molar-refractivity contribution in [2.75, 3.05) is 5.32 Å². The van der Waals surface area contributed by atoms with Gasteiger partial charge in [0.15, 0.2) is 5.54 Å². The molecule has 0 atom stereocenters. The molecule has 24 heavy (non-hydrogen) atoms. The normalized spacial score (nSPS) is 14.9. The van der Waals surface area contributed by atoms with Crippen LogP contribution >= 0.6 is 0 Å². The smallest absolute Gasteiger partial charge is 0.256 e.